The van der Waals surface area contributed by atoms with Crippen LogP contribution in [0.1, 0.15) is 38.8 Å². The van der Waals surface area contributed by atoms with Gasteiger partial charge < -0.3 is 14.4 Å². The molecule has 148 valence electrons. The van der Waals surface area contributed by atoms with Gasteiger partial charge in [-0.05, 0) is 49.8 Å². The highest BCUT2D eigenvalue weighted by atomic mass is 16.6. The minimum atomic E-state index is -0.0578. The Morgan fingerprint density at radius 3 is 2.71 bits per heavy atom. The summed E-state index contributed by atoms with van der Waals surface area (Å²) >= 11 is 0. The maximum atomic E-state index is 12.4. The Morgan fingerprint density at radius 1 is 1.29 bits per heavy atom. The van der Waals surface area contributed by atoms with Gasteiger partial charge >= 0.3 is 0 Å². The number of carbonyl (C=O) groups is 1. The summed E-state index contributed by atoms with van der Waals surface area (Å²) in [5, 5.41) is 4.30. The van der Waals surface area contributed by atoms with Gasteiger partial charge in [-0.3, -0.25) is 9.78 Å². The van der Waals surface area contributed by atoms with Crippen molar-refractivity contribution in [3.05, 3.63) is 30.6 Å². The number of hydrogen-bond acceptors (Lipinski definition) is 5. The summed E-state index contributed by atoms with van der Waals surface area (Å²) in [6.07, 6.45) is 7.69. The number of rotatable bonds is 6. The molecule has 1 amide bonds. The lowest BCUT2D eigenvalue weighted by molar-refractivity contribution is -0.137. The van der Waals surface area contributed by atoms with Gasteiger partial charge in [-0.2, -0.15) is 5.10 Å². The quantitative estimate of drug-likeness (QED) is 0.719. The lowest BCUT2D eigenvalue weighted by Crippen LogP contribution is -2.42. The van der Waals surface area contributed by atoms with Gasteiger partial charge in [0.2, 0.25) is 5.91 Å². The molecule has 3 fully saturated rings. The topological polar surface area (TPSA) is 72.8 Å². The van der Waals surface area contributed by atoms with Crippen LogP contribution in [0, 0.1) is 11.3 Å². The number of pyridine rings is 1. The number of hydrogen-bond donors (Lipinski definition) is 0. The van der Waals surface area contributed by atoms with Crippen LogP contribution in [0.15, 0.2) is 30.6 Å². The zero-order valence-electron chi connectivity index (χ0n) is 16.2. The molecule has 1 unspecified atom stereocenters. The van der Waals surface area contributed by atoms with E-state index in [0.717, 1.165) is 55.9 Å². The molecule has 0 aromatic carbocycles. The first-order chi connectivity index (χ1) is 13.6. The van der Waals surface area contributed by atoms with Crippen molar-refractivity contribution >= 4 is 5.91 Å². The van der Waals surface area contributed by atoms with E-state index in [2.05, 4.69) is 17.0 Å². The molecule has 2 aliphatic heterocycles. The Morgan fingerprint density at radius 2 is 2.07 bits per heavy atom. The largest absolute Gasteiger partial charge is 0.492 e. The molecule has 0 radical (unpaired) electrons. The normalized spacial score (nSPS) is 23.5. The van der Waals surface area contributed by atoms with Crippen LogP contribution in [0.3, 0.4) is 0 Å². The average molecular weight is 382 g/mol. The van der Waals surface area contributed by atoms with Crippen molar-refractivity contribution in [2.45, 2.75) is 38.8 Å². The second-order valence-corrected chi connectivity index (χ2v) is 8.44. The van der Waals surface area contributed by atoms with Crippen molar-refractivity contribution in [2.24, 2.45) is 11.3 Å². The summed E-state index contributed by atoms with van der Waals surface area (Å²) in [6.45, 7) is 5.18. The minimum Gasteiger partial charge on any atom is -0.492 e. The summed E-state index contributed by atoms with van der Waals surface area (Å²) in [5.41, 5.74) is 1.76. The van der Waals surface area contributed by atoms with Gasteiger partial charge in [0.1, 0.15) is 5.75 Å². The number of likely N-dealkylation sites (tertiary alicyclic amines) is 1. The predicted octanol–water partition coefficient (Wildman–Crippen LogP) is 2.89. The van der Waals surface area contributed by atoms with Crippen LogP contribution >= 0.6 is 0 Å². The fourth-order valence-corrected chi connectivity index (χ4v) is 3.85. The van der Waals surface area contributed by atoms with E-state index in [9.17, 15) is 4.79 Å². The number of epoxide rings is 1. The second kappa shape index (κ2) is 6.88. The van der Waals surface area contributed by atoms with Crippen molar-refractivity contribution < 1.29 is 14.3 Å². The summed E-state index contributed by atoms with van der Waals surface area (Å²) in [4.78, 5) is 19.0. The molecule has 3 aliphatic rings. The van der Waals surface area contributed by atoms with Crippen LogP contribution in [0.25, 0.3) is 11.4 Å². The number of amides is 1. The molecule has 2 aromatic heterocycles. The summed E-state index contributed by atoms with van der Waals surface area (Å²) in [7, 11) is 0. The van der Waals surface area contributed by atoms with Gasteiger partial charge in [-0.15, -0.1) is 0 Å². The third-order valence-corrected chi connectivity index (χ3v) is 6.16. The average Bonchev–Trinajstić information content (AvgIpc) is 3.66. The molecule has 0 N–H and O–H groups in total. The molecule has 2 saturated heterocycles. The maximum absolute atomic E-state index is 12.4. The number of ether oxygens (including phenoxy) is 2. The van der Waals surface area contributed by atoms with Crippen molar-refractivity contribution in [1.82, 2.24) is 19.7 Å². The van der Waals surface area contributed by atoms with Crippen LogP contribution in [0.2, 0.25) is 0 Å². The van der Waals surface area contributed by atoms with E-state index in [4.69, 9.17) is 9.47 Å². The molecule has 1 saturated carbocycles. The molecule has 4 heterocycles. The van der Waals surface area contributed by atoms with Gasteiger partial charge in [-0.1, -0.05) is 6.92 Å². The highest BCUT2D eigenvalue weighted by Gasteiger charge is 2.47. The Kier molecular flexibility index (Phi) is 4.34. The van der Waals surface area contributed by atoms with Crippen LogP contribution in [-0.2, 0) is 9.53 Å². The van der Waals surface area contributed by atoms with Crippen molar-refractivity contribution in [3.8, 4) is 17.1 Å². The van der Waals surface area contributed by atoms with Crippen molar-refractivity contribution in [3.63, 3.8) is 0 Å². The van der Waals surface area contributed by atoms with E-state index in [-0.39, 0.29) is 11.6 Å². The number of piperidine rings is 1. The zero-order valence-corrected chi connectivity index (χ0v) is 16.2. The Hall–Kier alpha value is -2.41. The lowest BCUT2D eigenvalue weighted by Gasteiger charge is -2.33. The molecule has 7 heteroatoms. The van der Waals surface area contributed by atoms with Crippen LogP contribution in [-0.4, -0.2) is 51.9 Å². The first kappa shape index (κ1) is 17.7. The van der Waals surface area contributed by atoms with E-state index in [0.29, 0.717) is 25.0 Å². The van der Waals surface area contributed by atoms with E-state index >= 15 is 0 Å². The van der Waals surface area contributed by atoms with E-state index in [1.54, 1.807) is 12.4 Å². The summed E-state index contributed by atoms with van der Waals surface area (Å²) in [6, 6.07) is 5.87. The Balaban J connectivity index is 1.12. The van der Waals surface area contributed by atoms with Gasteiger partial charge in [0.15, 0.2) is 6.23 Å². The number of aromatic nitrogens is 3. The standard InChI is InChI=1S/C21H26N4O3/c1-21(7-8-21)20(26)24-10-5-15(6-11-24)13-27-16-2-3-17(22-12-16)18-4-9-23-25(18)19-14-28-19/h2-4,9,12,15,19H,5-8,10-11,13-14H2,1H3. The molecule has 28 heavy (non-hydrogen) atoms. The smallest absolute Gasteiger partial charge is 0.228 e. The predicted molar refractivity (Wildman–Crippen MR) is 103 cm³/mol. The number of nitrogens with zero attached hydrogens (tertiary/aromatic N) is 4. The highest BCUT2D eigenvalue weighted by molar-refractivity contribution is 5.84. The van der Waals surface area contributed by atoms with E-state index in [1.165, 1.54) is 0 Å². The third kappa shape index (κ3) is 3.51. The first-order valence-corrected chi connectivity index (χ1v) is 10.2. The molecule has 5 rings (SSSR count). The Bertz CT molecular complexity index is 847. The van der Waals surface area contributed by atoms with Crippen molar-refractivity contribution in [2.75, 3.05) is 26.3 Å². The molecule has 2 aromatic rings. The first-order valence-electron chi connectivity index (χ1n) is 10.2. The maximum Gasteiger partial charge on any atom is 0.228 e. The fourth-order valence-electron chi connectivity index (χ4n) is 3.85. The molecule has 1 atom stereocenters. The molecule has 0 bridgehead atoms. The highest BCUT2D eigenvalue weighted by Crippen LogP contribution is 2.47. The SMILES string of the molecule is CC1(C(=O)N2CCC(COc3ccc(-c4ccnn4C4CO4)nc3)CC2)CC1. The monoisotopic (exact) mass is 382 g/mol. The number of carbonyl (C=O) groups excluding carboxylic acids is 1. The third-order valence-electron chi connectivity index (χ3n) is 6.16. The Labute approximate surface area is 164 Å². The summed E-state index contributed by atoms with van der Waals surface area (Å²) in [5.74, 6) is 1.62. The fraction of sp³-hybridized carbons (Fsp3) is 0.571. The van der Waals surface area contributed by atoms with Gasteiger partial charge in [0, 0.05) is 24.7 Å². The molecular formula is C21H26N4O3. The van der Waals surface area contributed by atoms with Crippen LogP contribution in [0.5, 0.6) is 5.75 Å². The molecule has 1 aliphatic carbocycles. The summed E-state index contributed by atoms with van der Waals surface area (Å²) < 4.78 is 13.1. The van der Waals surface area contributed by atoms with Crippen LogP contribution < -0.4 is 4.74 Å². The minimum absolute atomic E-state index is 0.0444. The van der Waals surface area contributed by atoms with Gasteiger partial charge in [0.25, 0.3) is 0 Å². The van der Waals surface area contributed by atoms with E-state index < -0.39 is 0 Å². The van der Waals surface area contributed by atoms with E-state index in [1.807, 2.05) is 27.8 Å². The van der Waals surface area contributed by atoms with Crippen molar-refractivity contribution in [1.29, 1.82) is 0 Å². The molecule has 0 spiro atoms. The van der Waals surface area contributed by atoms with Gasteiger partial charge in [-0.25, -0.2) is 4.68 Å². The zero-order chi connectivity index (χ0) is 19.1. The molecule has 7 nitrogen and oxygen atoms in total. The van der Waals surface area contributed by atoms with Gasteiger partial charge in [0.05, 0.1) is 30.8 Å². The van der Waals surface area contributed by atoms with Crippen LogP contribution in [0.4, 0.5) is 0 Å². The lowest BCUT2D eigenvalue weighted by atomic mass is 9.96. The molecular weight excluding hydrogens is 356 g/mol. The second-order valence-electron chi connectivity index (χ2n) is 8.44.